The molecule has 0 aliphatic carbocycles. The molecule has 106 valence electrons. The Morgan fingerprint density at radius 1 is 1.42 bits per heavy atom. The first-order valence-corrected chi connectivity index (χ1v) is 7.59. The molecule has 0 spiro atoms. The van der Waals surface area contributed by atoms with Gasteiger partial charge in [-0.2, -0.15) is 11.8 Å². The van der Waals surface area contributed by atoms with E-state index in [0.717, 1.165) is 18.1 Å². The lowest BCUT2D eigenvalue weighted by molar-refractivity contribution is -0.115. The SMILES string of the molecule is CN(C)CCSCCC(=O)Nc1cc(Cl)ccc1N. The zero-order valence-electron chi connectivity index (χ0n) is 11.3. The summed E-state index contributed by atoms with van der Waals surface area (Å²) in [6, 6.07) is 5.04. The van der Waals surface area contributed by atoms with Crippen molar-refractivity contribution in [2.24, 2.45) is 0 Å². The number of nitrogens with two attached hydrogens (primary N) is 1. The van der Waals surface area contributed by atoms with E-state index in [1.165, 1.54) is 0 Å². The number of thioether (sulfide) groups is 1. The molecule has 0 saturated carbocycles. The second-order valence-corrected chi connectivity index (χ2v) is 6.11. The Morgan fingerprint density at radius 2 is 2.16 bits per heavy atom. The molecule has 19 heavy (non-hydrogen) atoms. The van der Waals surface area contributed by atoms with E-state index in [1.807, 2.05) is 14.1 Å². The Hall–Kier alpha value is -0.910. The third kappa shape index (κ3) is 6.71. The molecule has 0 fully saturated rings. The van der Waals surface area contributed by atoms with Gasteiger partial charge in [-0.3, -0.25) is 4.79 Å². The Kier molecular flexibility index (Phi) is 7.05. The van der Waals surface area contributed by atoms with E-state index in [4.69, 9.17) is 17.3 Å². The van der Waals surface area contributed by atoms with Crippen LogP contribution in [0.25, 0.3) is 0 Å². The number of amides is 1. The van der Waals surface area contributed by atoms with Gasteiger partial charge in [0.2, 0.25) is 5.91 Å². The smallest absolute Gasteiger partial charge is 0.225 e. The van der Waals surface area contributed by atoms with Gasteiger partial charge in [-0.15, -0.1) is 0 Å². The molecule has 1 aromatic carbocycles. The molecule has 1 aromatic rings. The zero-order chi connectivity index (χ0) is 14.3. The van der Waals surface area contributed by atoms with Gasteiger partial charge in [-0.05, 0) is 32.3 Å². The van der Waals surface area contributed by atoms with Gasteiger partial charge in [-0.1, -0.05) is 11.6 Å². The van der Waals surface area contributed by atoms with Crippen LogP contribution in [0.5, 0.6) is 0 Å². The predicted molar refractivity (Wildman–Crippen MR) is 85.0 cm³/mol. The number of hydrogen-bond acceptors (Lipinski definition) is 4. The third-order valence-electron chi connectivity index (χ3n) is 2.45. The van der Waals surface area contributed by atoms with Gasteiger partial charge in [0.15, 0.2) is 0 Å². The highest BCUT2D eigenvalue weighted by Gasteiger charge is 2.06. The number of halogens is 1. The Labute approximate surface area is 123 Å². The van der Waals surface area contributed by atoms with Crippen LogP contribution in [-0.4, -0.2) is 43.0 Å². The van der Waals surface area contributed by atoms with E-state index in [-0.39, 0.29) is 5.91 Å². The van der Waals surface area contributed by atoms with Crippen molar-refractivity contribution in [1.29, 1.82) is 0 Å². The van der Waals surface area contributed by atoms with Crippen molar-refractivity contribution in [2.75, 3.05) is 43.2 Å². The fourth-order valence-corrected chi connectivity index (χ4v) is 2.56. The molecular weight excluding hydrogens is 282 g/mol. The first-order valence-electron chi connectivity index (χ1n) is 6.06. The summed E-state index contributed by atoms with van der Waals surface area (Å²) in [6.45, 7) is 1.02. The number of carbonyl (C=O) groups excluding carboxylic acids is 1. The Bertz CT molecular complexity index is 426. The molecule has 0 aromatic heterocycles. The normalized spacial score (nSPS) is 10.7. The monoisotopic (exact) mass is 301 g/mol. The summed E-state index contributed by atoms with van der Waals surface area (Å²) in [5.74, 6) is 1.80. The maximum Gasteiger partial charge on any atom is 0.225 e. The molecular formula is C13H20ClN3OS. The van der Waals surface area contributed by atoms with Crippen LogP contribution in [0.3, 0.4) is 0 Å². The lowest BCUT2D eigenvalue weighted by Gasteiger charge is -2.10. The summed E-state index contributed by atoms with van der Waals surface area (Å²) < 4.78 is 0. The fraction of sp³-hybridized carbons (Fsp3) is 0.462. The third-order valence-corrected chi connectivity index (χ3v) is 3.64. The van der Waals surface area contributed by atoms with E-state index >= 15 is 0 Å². The van der Waals surface area contributed by atoms with Crippen molar-refractivity contribution >= 4 is 40.6 Å². The summed E-state index contributed by atoms with van der Waals surface area (Å²) in [6.07, 6.45) is 0.476. The second-order valence-electron chi connectivity index (χ2n) is 4.45. The highest BCUT2D eigenvalue weighted by atomic mass is 35.5. The van der Waals surface area contributed by atoms with Gasteiger partial charge in [0.05, 0.1) is 11.4 Å². The largest absolute Gasteiger partial charge is 0.397 e. The topological polar surface area (TPSA) is 58.4 Å². The number of nitrogens with one attached hydrogen (secondary N) is 1. The van der Waals surface area contributed by atoms with Crippen LogP contribution in [0.4, 0.5) is 11.4 Å². The molecule has 1 amide bonds. The fourth-order valence-electron chi connectivity index (χ4n) is 1.36. The van der Waals surface area contributed by atoms with Crippen molar-refractivity contribution in [3.63, 3.8) is 0 Å². The van der Waals surface area contributed by atoms with Crippen molar-refractivity contribution in [3.8, 4) is 0 Å². The first-order chi connectivity index (χ1) is 8.99. The zero-order valence-corrected chi connectivity index (χ0v) is 12.9. The van der Waals surface area contributed by atoms with Crippen LogP contribution in [0, 0.1) is 0 Å². The molecule has 0 saturated heterocycles. The number of rotatable bonds is 7. The number of nitrogens with zero attached hydrogens (tertiary/aromatic N) is 1. The number of benzene rings is 1. The standard InChI is InChI=1S/C13H20ClN3OS/c1-17(2)6-8-19-7-5-13(18)16-12-9-10(14)3-4-11(12)15/h3-4,9H,5-8,15H2,1-2H3,(H,16,18). The molecule has 0 radical (unpaired) electrons. The van der Waals surface area contributed by atoms with Crippen LogP contribution >= 0.6 is 23.4 Å². The predicted octanol–water partition coefficient (Wildman–Crippen LogP) is 2.55. The lowest BCUT2D eigenvalue weighted by Crippen LogP contribution is -2.16. The maximum absolute atomic E-state index is 11.7. The van der Waals surface area contributed by atoms with E-state index in [2.05, 4.69) is 10.2 Å². The van der Waals surface area contributed by atoms with Crippen molar-refractivity contribution in [1.82, 2.24) is 4.90 Å². The van der Waals surface area contributed by atoms with Gasteiger partial charge in [0, 0.05) is 29.5 Å². The molecule has 0 heterocycles. The van der Waals surface area contributed by atoms with Crippen molar-refractivity contribution in [2.45, 2.75) is 6.42 Å². The van der Waals surface area contributed by atoms with Crippen LogP contribution in [-0.2, 0) is 4.79 Å². The molecule has 0 atom stereocenters. The minimum atomic E-state index is -0.0358. The minimum absolute atomic E-state index is 0.0358. The molecule has 0 unspecified atom stereocenters. The van der Waals surface area contributed by atoms with Crippen LogP contribution < -0.4 is 11.1 Å². The maximum atomic E-state index is 11.7. The second kappa shape index (κ2) is 8.30. The summed E-state index contributed by atoms with van der Waals surface area (Å²) in [5.41, 5.74) is 6.87. The van der Waals surface area contributed by atoms with Gasteiger partial charge < -0.3 is 16.0 Å². The summed E-state index contributed by atoms with van der Waals surface area (Å²) in [5, 5.41) is 3.34. The Morgan fingerprint density at radius 3 is 2.84 bits per heavy atom. The highest BCUT2D eigenvalue weighted by Crippen LogP contribution is 2.23. The highest BCUT2D eigenvalue weighted by molar-refractivity contribution is 7.99. The average molecular weight is 302 g/mol. The van der Waals surface area contributed by atoms with Crippen molar-refractivity contribution < 1.29 is 4.79 Å². The molecule has 3 N–H and O–H groups in total. The number of carbonyl (C=O) groups is 1. The van der Waals surface area contributed by atoms with Gasteiger partial charge in [-0.25, -0.2) is 0 Å². The summed E-state index contributed by atoms with van der Waals surface area (Å²) in [4.78, 5) is 13.9. The first kappa shape index (κ1) is 16.1. The lowest BCUT2D eigenvalue weighted by atomic mass is 10.2. The van der Waals surface area contributed by atoms with Crippen LogP contribution in [0.15, 0.2) is 18.2 Å². The van der Waals surface area contributed by atoms with E-state index < -0.39 is 0 Å². The number of hydrogen-bond donors (Lipinski definition) is 2. The van der Waals surface area contributed by atoms with E-state index in [1.54, 1.807) is 30.0 Å². The number of anilines is 2. The van der Waals surface area contributed by atoms with E-state index in [9.17, 15) is 4.79 Å². The number of nitrogen functional groups attached to an aromatic ring is 1. The van der Waals surface area contributed by atoms with Crippen LogP contribution in [0.1, 0.15) is 6.42 Å². The molecule has 4 nitrogen and oxygen atoms in total. The molecule has 1 rings (SSSR count). The van der Waals surface area contributed by atoms with Gasteiger partial charge in [0.25, 0.3) is 0 Å². The molecule has 0 aliphatic heterocycles. The quantitative estimate of drug-likeness (QED) is 0.600. The van der Waals surface area contributed by atoms with E-state index in [0.29, 0.717) is 22.8 Å². The van der Waals surface area contributed by atoms with Gasteiger partial charge in [0.1, 0.15) is 0 Å². The summed E-state index contributed by atoms with van der Waals surface area (Å²) in [7, 11) is 4.07. The van der Waals surface area contributed by atoms with Crippen LogP contribution in [0.2, 0.25) is 5.02 Å². The van der Waals surface area contributed by atoms with Crippen molar-refractivity contribution in [3.05, 3.63) is 23.2 Å². The van der Waals surface area contributed by atoms with Gasteiger partial charge >= 0.3 is 0 Å². The molecule has 6 heteroatoms. The minimum Gasteiger partial charge on any atom is -0.397 e. The molecule has 0 bridgehead atoms. The summed E-state index contributed by atoms with van der Waals surface area (Å²) >= 11 is 7.63. The molecule has 0 aliphatic rings. The average Bonchev–Trinajstić information content (AvgIpc) is 2.33. The Balaban J connectivity index is 2.29.